The van der Waals surface area contributed by atoms with E-state index in [9.17, 15) is 13.2 Å². The van der Waals surface area contributed by atoms with E-state index in [-0.39, 0.29) is 5.75 Å². The van der Waals surface area contributed by atoms with Crippen molar-refractivity contribution < 1.29 is 22.4 Å². The van der Waals surface area contributed by atoms with E-state index in [0.717, 1.165) is 12.0 Å². The monoisotopic (exact) mass is 385 g/mol. The molecule has 1 aromatic heterocycles. The number of nitrogens with zero attached hydrogens (tertiary/aromatic N) is 3. The molecule has 0 radical (unpaired) electrons. The summed E-state index contributed by atoms with van der Waals surface area (Å²) in [4.78, 5) is 6.40. The lowest BCUT2D eigenvalue weighted by molar-refractivity contribution is -0.153. The highest BCUT2D eigenvalue weighted by Crippen LogP contribution is 2.27. The Morgan fingerprint density at radius 1 is 1.15 bits per heavy atom. The van der Waals surface area contributed by atoms with E-state index in [0.29, 0.717) is 41.8 Å². The Bertz CT molecular complexity index is 734. The molecule has 0 saturated carbocycles. The highest BCUT2D eigenvalue weighted by molar-refractivity contribution is 5.43. The SMILES string of the molecule is Cc1cc(CN(C)Cc2noc(CC(C)C)n2)cc(C)c1OCC(F)(F)F. The molecule has 27 heavy (non-hydrogen) atoms. The third kappa shape index (κ3) is 6.86. The van der Waals surface area contributed by atoms with Gasteiger partial charge in [-0.2, -0.15) is 18.2 Å². The molecule has 0 bridgehead atoms. The van der Waals surface area contributed by atoms with Gasteiger partial charge in [-0.15, -0.1) is 0 Å². The lowest BCUT2D eigenvalue weighted by Gasteiger charge is -2.18. The summed E-state index contributed by atoms with van der Waals surface area (Å²) in [6, 6.07) is 3.69. The van der Waals surface area contributed by atoms with Crippen molar-refractivity contribution in [3.8, 4) is 5.75 Å². The Morgan fingerprint density at radius 2 is 1.78 bits per heavy atom. The average Bonchev–Trinajstić information content (AvgIpc) is 2.91. The smallest absolute Gasteiger partial charge is 0.422 e. The molecule has 2 aromatic rings. The van der Waals surface area contributed by atoms with E-state index in [1.165, 1.54) is 0 Å². The van der Waals surface area contributed by atoms with Crippen LogP contribution in [-0.4, -0.2) is 34.9 Å². The molecule has 1 heterocycles. The average molecular weight is 385 g/mol. The van der Waals surface area contributed by atoms with Gasteiger partial charge in [0.2, 0.25) is 5.89 Å². The van der Waals surface area contributed by atoms with E-state index in [1.807, 2.05) is 24.1 Å². The van der Waals surface area contributed by atoms with Crippen LogP contribution in [-0.2, 0) is 19.5 Å². The molecule has 8 heteroatoms. The molecule has 0 amide bonds. The Morgan fingerprint density at radius 3 is 2.33 bits per heavy atom. The third-order valence-corrected chi connectivity index (χ3v) is 3.86. The van der Waals surface area contributed by atoms with Gasteiger partial charge in [-0.3, -0.25) is 4.90 Å². The zero-order valence-corrected chi connectivity index (χ0v) is 16.4. The first-order valence-corrected chi connectivity index (χ1v) is 8.83. The first-order valence-electron chi connectivity index (χ1n) is 8.83. The predicted octanol–water partition coefficient (Wildman–Crippen LogP) is 4.46. The molecule has 0 aliphatic heterocycles. The summed E-state index contributed by atoms with van der Waals surface area (Å²) in [5.41, 5.74) is 2.35. The van der Waals surface area contributed by atoms with Crippen LogP contribution in [0.2, 0.25) is 0 Å². The molecular formula is C19H26F3N3O2. The fourth-order valence-electron chi connectivity index (χ4n) is 2.91. The number of aryl methyl sites for hydroxylation is 2. The number of benzene rings is 1. The van der Waals surface area contributed by atoms with Crippen LogP contribution in [0.5, 0.6) is 5.75 Å². The molecular weight excluding hydrogens is 359 g/mol. The van der Waals surface area contributed by atoms with Gasteiger partial charge in [0, 0.05) is 13.0 Å². The summed E-state index contributed by atoms with van der Waals surface area (Å²) >= 11 is 0. The van der Waals surface area contributed by atoms with Gasteiger partial charge in [-0.25, -0.2) is 0 Å². The molecule has 5 nitrogen and oxygen atoms in total. The molecule has 0 fully saturated rings. The van der Waals surface area contributed by atoms with Crippen molar-refractivity contribution in [1.82, 2.24) is 15.0 Å². The summed E-state index contributed by atoms with van der Waals surface area (Å²) in [5, 5.41) is 3.99. The molecule has 0 saturated heterocycles. The highest BCUT2D eigenvalue weighted by atomic mass is 19.4. The minimum atomic E-state index is -4.35. The Labute approximate surface area is 157 Å². The Hall–Kier alpha value is -2.09. The maximum atomic E-state index is 12.4. The van der Waals surface area contributed by atoms with Gasteiger partial charge in [0.1, 0.15) is 5.75 Å². The van der Waals surface area contributed by atoms with Crippen LogP contribution >= 0.6 is 0 Å². The third-order valence-electron chi connectivity index (χ3n) is 3.86. The van der Waals surface area contributed by atoms with Gasteiger partial charge in [-0.1, -0.05) is 31.1 Å². The molecule has 0 spiro atoms. The maximum absolute atomic E-state index is 12.4. The van der Waals surface area contributed by atoms with Crippen LogP contribution in [0.25, 0.3) is 0 Å². The summed E-state index contributed by atoms with van der Waals surface area (Å²) in [6.07, 6.45) is -3.61. The van der Waals surface area contributed by atoms with Crippen LogP contribution in [0.1, 0.15) is 42.3 Å². The van der Waals surface area contributed by atoms with Gasteiger partial charge in [0.25, 0.3) is 0 Å². The van der Waals surface area contributed by atoms with Crippen molar-refractivity contribution in [2.45, 2.75) is 53.4 Å². The molecule has 0 N–H and O–H groups in total. The standard InChI is InChI=1S/C19H26F3N3O2/c1-12(2)6-17-23-16(24-27-17)10-25(5)9-15-7-13(3)18(14(4)8-15)26-11-19(20,21)22/h7-8,12H,6,9-11H2,1-5H3. The van der Waals surface area contributed by atoms with E-state index >= 15 is 0 Å². The second-order valence-electron chi connectivity index (χ2n) is 7.34. The van der Waals surface area contributed by atoms with Crippen LogP contribution in [0, 0.1) is 19.8 Å². The minimum absolute atomic E-state index is 0.287. The zero-order chi connectivity index (χ0) is 20.2. The summed E-state index contributed by atoms with van der Waals surface area (Å²) < 4.78 is 47.3. The van der Waals surface area contributed by atoms with Crippen molar-refractivity contribution in [2.75, 3.05) is 13.7 Å². The second-order valence-corrected chi connectivity index (χ2v) is 7.34. The molecule has 2 rings (SSSR count). The number of aromatic nitrogens is 2. The van der Waals surface area contributed by atoms with Gasteiger partial charge in [-0.05, 0) is 43.5 Å². The minimum Gasteiger partial charge on any atom is -0.484 e. The first-order chi connectivity index (χ1) is 12.5. The van der Waals surface area contributed by atoms with Crippen molar-refractivity contribution in [1.29, 1.82) is 0 Å². The van der Waals surface area contributed by atoms with Gasteiger partial charge >= 0.3 is 6.18 Å². The zero-order valence-electron chi connectivity index (χ0n) is 16.4. The molecule has 0 atom stereocenters. The maximum Gasteiger partial charge on any atom is 0.422 e. The van der Waals surface area contributed by atoms with Gasteiger partial charge in [0.05, 0.1) is 6.54 Å². The summed E-state index contributed by atoms with van der Waals surface area (Å²) in [7, 11) is 1.93. The quantitative estimate of drug-likeness (QED) is 0.672. The van der Waals surface area contributed by atoms with Crippen LogP contribution in [0.4, 0.5) is 13.2 Å². The fourth-order valence-corrected chi connectivity index (χ4v) is 2.91. The van der Waals surface area contributed by atoms with E-state index in [4.69, 9.17) is 9.26 Å². The van der Waals surface area contributed by atoms with Crippen molar-refractivity contribution in [3.63, 3.8) is 0 Å². The lowest BCUT2D eigenvalue weighted by Crippen LogP contribution is -2.20. The summed E-state index contributed by atoms with van der Waals surface area (Å²) in [6.45, 7) is 7.51. The predicted molar refractivity (Wildman–Crippen MR) is 95.5 cm³/mol. The van der Waals surface area contributed by atoms with Gasteiger partial charge in [0.15, 0.2) is 12.4 Å². The number of ether oxygens (including phenoxy) is 1. The molecule has 1 aromatic carbocycles. The Kier molecular flexibility index (Phi) is 6.86. The van der Waals surface area contributed by atoms with Gasteiger partial charge < -0.3 is 9.26 Å². The van der Waals surface area contributed by atoms with E-state index in [1.54, 1.807) is 13.8 Å². The molecule has 150 valence electrons. The number of hydrogen-bond donors (Lipinski definition) is 0. The topological polar surface area (TPSA) is 51.4 Å². The summed E-state index contributed by atoms with van der Waals surface area (Å²) in [5.74, 6) is 1.98. The van der Waals surface area contributed by atoms with E-state index < -0.39 is 12.8 Å². The highest BCUT2D eigenvalue weighted by Gasteiger charge is 2.29. The van der Waals surface area contributed by atoms with E-state index in [2.05, 4.69) is 24.0 Å². The molecule has 0 aliphatic rings. The van der Waals surface area contributed by atoms with Crippen LogP contribution in [0.3, 0.4) is 0 Å². The number of rotatable bonds is 8. The van der Waals surface area contributed by atoms with Crippen molar-refractivity contribution in [2.24, 2.45) is 5.92 Å². The van der Waals surface area contributed by atoms with Crippen molar-refractivity contribution in [3.05, 3.63) is 40.5 Å². The largest absolute Gasteiger partial charge is 0.484 e. The fraction of sp³-hybridized carbons (Fsp3) is 0.579. The first kappa shape index (κ1) is 21.2. The lowest BCUT2D eigenvalue weighted by atomic mass is 10.1. The van der Waals surface area contributed by atoms with Crippen LogP contribution in [0.15, 0.2) is 16.7 Å². The normalized spacial score (nSPS) is 12.2. The molecule has 0 aliphatic carbocycles. The molecule has 0 unspecified atom stereocenters. The second kappa shape index (κ2) is 8.73. The number of halogens is 3. The van der Waals surface area contributed by atoms with Crippen LogP contribution < -0.4 is 4.74 Å². The number of alkyl halides is 3. The Balaban J connectivity index is 1.99. The van der Waals surface area contributed by atoms with Crippen molar-refractivity contribution >= 4 is 0 Å². The number of hydrogen-bond acceptors (Lipinski definition) is 5.